The molecule has 1 N–H and O–H groups in total. The van der Waals surface area contributed by atoms with Crippen molar-refractivity contribution in [1.29, 1.82) is 0 Å². The molecule has 1 amide bonds. The number of halogens is 1. The topological polar surface area (TPSA) is 55.1 Å². The summed E-state index contributed by atoms with van der Waals surface area (Å²) in [5.41, 5.74) is 1.37. The van der Waals surface area contributed by atoms with Crippen LogP contribution >= 0.6 is 0 Å². The van der Waals surface area contributed by atoms with Crippen LogP contribution in [0, 0.1) is 19.7 Å². The van der Waals surface area contributed by atoms with Gasteiger partial charge < -0.3 is 9.84 Å². The molecule has 0 saturated heterocycles. The second kappa shape index (κ2) is 5.00. The van der Waals surface area contributed by atoms with E-state index in [1.165, 1.54) is 6.07 Å². The van der Waals surface area contributed by atoms with Crippen LogP contribution < -0.4 is 5.32 Å². The molecular formula is C13H13FN2O2. The smallest absolute Gasteiger partial charge is 0.274 e. The van der Waals surface area contributed by atoms with Crippen LogP contribution in [0.3, 0.4) is 0 Å². The van der Waals surface area contributed by atoms with E-state index in [1.807, 2.05) is 0 Å². The highest BCUT2D eigenvalue weighted by Gasteiger charge is 2.16. The van der Waals surface area contributed by atoms with Crippen LogP contribution in [0.5, 0.6) is 0 Å². The number of rotatable bonds is 3. The van der Waals surface area contributed by atoms with Gasteiger partial charge in [-0.05, 0) is 19.9 Å². The molecule has 0 aliphatic rings. The molecule has 0 unspecified atom stereocenters. The zero-order chi connectivity index (χ0) is 13.1. The van der Waals surface area contributed by atoms with Crippen LogP contribution in [0.4, 0.5) is 4.39 Å². The second-order valence-electron chi connectivity index (χ2n) is 3.99. The number of benzene rings is 1. The van der Waals surface area contributed by atoms with Crippen LogP contribution in [-0.2, 0) is 6.54 Å². The summed E-state index contributed by atoms with van der Waals surface area (Å²) in [4.78, 5) is 11.8. The molecule has 0 saturated carbocycles. The number of nitrogens with one attached hydrogen (secondary N) is 1. The zero-order valence-corrected chi connectivity index (χ0v) is 10.2. The Bertz CT molecular complexity index is 578. The van der Waals surface area contributed by atoms with E-state index in [4.69, 9.17) is 4.52 Å². The van der Waals surface area contributed by atoms with Crippen molar-refractivity contribution in [3.05, 3.63) is 52.7 Å². The summed E-state index contributed by atoms with van der Waals surface area (Å²) < 4.78 is 18.2. The van der Waals surface area contributed by atoms with E-state index in [1.54, 1.807) is 32.0 Å². The van der Waals surface area contributed by atoms with Crippen LogP contribution in [0.2, 0.25) is 0 Å². The Hall–Kier alpha value is -2.17. The van der Waals surface area contributed by atoms with E-state index < -0.39 is 0 Å². The lowest BCUT2D eigenvalue weighted by molar-refractivity contribution is 0.0941. The fourth-order valence-electron chi connectivity index (χ4n) is 1.53. The number of hydrogen-bond donors (Lipinski definition) is 1. The maximum atomic E-state index is 13.3. The highest BCUT2D eigenvalue weighted by molar-refractivity contribution is 5.93. The van der Waals surface area contributed by atoms with E-state index in [-0.39, 0.29) is 24.0 Å². The molecule has 1 aromatic carbocycles. The van der Waals surface area contributed by atoms with E-state index in [0.29, 0.717) is 16.9 Å². The van der Waals surface area contributed by atoms with Gasteiger partial charge in [-0.25, -0.2) is 4.39 Å². The van der Waals surface area contributed by atoms with Gasteiger partial charge in [0, 0.05) is 17.7 Å². The zero-order valence-electron chi connectivity index (χ0n) is 10.2. The van der Waals surface area contributed by atoms with Gasteiger partial charge in [0.25, 0.3) is 5.91 Å². The predicted molar refractivity (Wildman–Crippen MR) is 63.5 cm³/mol. The fourth-order valence-corrected chi connectivity index (χ4v) is 1.53. The minimum absolute atomic E-state index is 0.122. The summed E-state index contributed by atoms with van der Waals surface area (Å²) in [6, 6.07) is 6.30. The van der Waals surface area contributed by atoms with Crippen molar-refractivity contribution in [3.63, 3.8) is 0 Å². The number of carbonyl (C=O) groups is 1. The lowest BCUT2D eigenvalue weighted by atomic mass is 10.2. The third-order valence-electron chi connectivity index (χ3n) is 2.77. The van der Waals surface area contributed by atoms with Crippen molar-refractivity contribution in [3.8, 4) is 0 Å². The highest BCUT2D eigenvalue weighted by atomic mass is 19.1. The minimum atomic E-state index is -0.368. The predicted octanol–water partition coefficient (Wildman–Crippen LogP) is 2.36. The third kappa shape index (κ3) is 2.40. The van der Waals surface area contributed by atoms with E-state index >= 15 is 0 Å². The summed E-state index contributed by atoms with van der Waals surface area (Å²) in [5, 5.41) is 6.28. The van der Waals surface area contributed by atoms with Gasteiger partial charge in [-0.3, -0.25) is 4.79 Å². The summed E-state index contributed by atoms with van der Waals surface area (Å²) in [7, 11) is 0. The molecule has 2 aromatic rings. The maximum Gasteiger partial charge on any atom is 0.274 e. The van der Waals surface area contributed by atoms with Crippen LogP contribution in [-0.4, -0.2) is 11.1 Å². The normalized spacial score (nSPS) is 10.4. The largest absolute Gasteiger partial charge is 0.361 e. The Balaban J connectivity index is 2.05. The highest BCUT2D eigenvalue weighted by Crippen LogP contribution is 2.11. The number of nitrogens with zero attached hydrogens (tertiary/aromatic N) is 1. The molecule has 0 bridgehead atoms. The molecule has 0 spiro atoms. The van der Waals surface area contributed by atoms with Crippen LogP contribution in [0.1, 0.15) is 27.4 Å². The Morgan fingerprint density at radius 3 is 2.72 bits per heavy atom. The summed E-state index contributed by atoms with van der Waals surface area (Å²) in [5.74, 6) is -0.107. The van der Waals surface area contributed by atoms with Gasteiger partial charge in [-0.1, -0.05) is 23.4 Å². The first kappa shape index (κ1) is 12.3. The number of amides is 1. The van der Waals surface area contributed by atoms with Crippen molar-refractivity contribution in [2.45, 2.75) is 20.4 Å². The minimum Gasteiger partial charge on any atom is -0.361 e. The molecular weight excluding hydrogens is 235 g/mol. The molecule has 18 heavy (non-hydrogen) atoms. The molecule has 0 aliphatic carbocycles. The van der Waals surface area contributed by atoms with Gasteiger partial charge in [0.05, 0.1) is 0 Å². The molecule has 2 rings (SSSR count). The van der Waals surface area contributed by atoms with Crippen LogP contribution in [0.15, 0.2) is 28.8 Å². The van der Waals surface area contributed by atoms with Crippen molar-refractivity contribution in [1.82, 2.24) is 10.5 Å². The Kier molecular flexibility index (Phi) is 3.41. The standard InChI is InChI=1S/C13H13FN2O2/c1-8-9(2)18-16-12(8)13(17)15-7-10-5-3-4-6-11(10)14/h3-6H,7H2,1-2H3,(H,15,17). The molecule has 1 heterocycles. The number of hydrogen-bond acceptors (Lipinski definition) is 3. The molecule has 1 aromatic heterocycles. The molecule has 0 fully saturated rings. The SMILES string of the molecule is Cc1onc(C(=O)NCc2ccccc2F)c1C. The van der Waals surface area contributed by atoms with E-state index in [9.17, 15) is 9.18 Å². The number of aromatic nitrogens is 1. The first-order valence-electron chi connectivity index (χ1n) is 5.54. The Labute approximate surface area is 104 Å². The van der Waals surface area contributed by atoms with Gasteiger partial charge in [-0.2, -0.15) is 0 Å². The Morgan fingerprint density at radius 2 is 2.11 bits per heavy atom. The van der Waals surface area contributed by atoms with E-state index in [2.05, 4.69) is 10.5 Å². The second-order valence-corrected chi connectivity index (χ2v) is 3.99. The molecule has 5 heteroatoms. The number of carbonyl (C=O) groups excluding carboxylic acids is 1. The van der Waals surface area contributed by atoms with Crippen molar-refractivity contribution < 1.29 is 13.7 Å². The van der Waals surface area contributed by atoms with E-state index in [0.717, 1.165) is 0 Å². The van der Waals surface area contributed by atoms with Gasteiger partial charge in [0.2, 0.25) is 0 Å². The van der Waals surface area contributed by atoms with Crippen molar-refractivity contribution in [2.24, 2.45) is 0 Å². The number of aryl methyl sites for hydroxylation is 1. The summed E-state index contributed by atoms with van der Waals surface area (Å²) >= 11 is 0. The maximum absolute atomic E-state index is 13.3. The summed E-state index contributed by atoms with van der Waals surface area (Å²) in [6.07, 6.45) is 0. The van der Waals surface area contributed by atoms with Gasteiger partial charge in [-0.15, -0.1) is 0 Å². The van der Waals surface area contributed by atoms with Crippen LogP contribution in [0.25, 0.3) is 0 Å². The Morgan fingerprint density at radius 1 is 1.39 bits per heavy atom. The third-order valence-corrected chi connectivity index (χ3v) is 2.77. The molecule has 0 atom stereocenters. The molecule has 0 radical (unpaired) electrons. The quantitative estimate of drug-likeness (QED) is 0.907. The van der Waals surface area contributed by atoms with Crippen molar-refractivity contribution in [2.75, 3.05) is 0 Å². The van der Waals surface area contributed by atoms with Gasteiger partial charge >= 0.3 is 0 Å². The molecule has 4 nitrogen and oxygen atoms in total. The first-order chi connectivity index (χ1) is 8.59. The average Bonchev–Trinajstić information content (AvgIpc) is 2.69. The van der Waals surface area contributed by atoms with Gasteiger partial charge in [0.1, 0.15) is 11.6 Å². The fraction of sp³-hybridized carbons (Fsp3) is 0.231. The first-order valence-corrected chi connectivity index (χ1v) is 5.54. The molecule has 0 aliphatic heterocycles. The lowest BCUT2D eigenvalue weighted by Crippen LogP contribution is -2.24. The van der Waals surface area contributed by atoms with Crippen molar-refractivity contribution >= 4 is 5.91 Å². The molecule has 94 valence electrons. The summed E-state index contributed by atoms with van der Waals surface area (Å²) in [6.45, 7) is 3.61. The lowest BCUT2D eigenvalue weighted by Gasteiger charge is -2.04. The monoisotopic (exact) mass is 248 g/mol. The van der Waals surface area contributed by atoms with Gasteiger partial charge in [0.15, 0.2) is 5.69 Å². The average molecular weight is 248 g/mol.